The Hall–Kier alpha value is -1.44. The summed E-state index contributed by atoms with van der Waals surface area (Å²) < 4.78 is 1.63. The first-order valence-electron chi connectivity index (χ1n) is 5.26. The van der Waals surface area contributed by atoms with Crippen molar-refractivity contribution in [1.82, 2.24) is 20.2 Å². The minimum absolute atomic E-state index is 0.0646. The van der Waals surface area contributed by atoms with Crippen molar-refractivity contribution in [2.24, 2.45) is 12.9 Å². The number of anilines is 1. The van der Waals surface area contributed by atoms with Crippen LogP contribution in [0, 0.1) is 6.92 Å². The normalized spacial score (nSPS) is 12.9. The van der Waals surface area contributed by atoms with Crippen LogP contribution in [0.15, 0.2) is 11.6 Å². The Bertz CT molecular complexity index is 503. The third-order valence-electron chi connectivity index (χ3n) is 2.67. The van der Waals surface area contributed by atoms with Gasteiger partial charge in [0.25, 0.3) is 0 Å². The van der Waals surface area contributed by atoms with Gasteiger partial charge in [-0.1, -0.05) is 0 Å². The van der Waals surface area contributed by atoms with E-state index in [0.717, 1.165) is 16.3 Å². The predicted octanol–water partition coefficient (Wildman–Crippen LogP) is 0.514. The molecule has 2 aromatic heterocycles. The van der Waals surface area contributed by atoms with Crippen LogP contribution in [0.3, 0.4) is 0 Å². The molecule has 7 heteroatoms. The fraction of sp³-hybridized carbons (Fsp3) is 0.400. The number of aromatic nitrogens is 3. The lowest BCUT2D eigenvalue weighted by Gasteiger charge is -2.13. The van der Waals surface area contributed by atoms with E-state index in [1.54, 1.807) is 29.3 Å². The van der Waals surface area contributed by atoms with Crippen molar-refractivity contribution in [3.05, 3.63) is 27.8 Å². The van der Waals surface area contributed by atoms with E-state index >= 15 is 0 Å². The molecule has 0 saturated heterocycles. The van der Waals surface area contributed by atoms with Gasteiger partial charge in [-0.25, -0.2) is 4.98 Å². The first-order valence-corrected chi connectivity index (χ1v) is 6.14. The Balaban J connectivity index is 2.19. The fourth-order valence-electron chi connectivity index (χ4n) is 1.70. The Morgan fingerprint density at radius 1 is 1.59 bits per heavy atom. The molecule has 0 spiro atoms. The molecule has 0 aliphatic rings. The molecule has 92 valence electrons. The van der Waals surface area contributed by atoms with Gasteiger partial charge >= 0.3 is 0 Å². The highest BCUT2D eigenvalue weighted by Gasteiger charge is 2.17. The zero-order valence-electron chi connectivity index (χ0n) is 9.84. The number of aryl methyl sites for hydroxylation is 2. The van der Waals surface area contributed by atoms with E-state index in [1.807, 2.05) is 12.3 Å². The lowest BCUT2D eigenvalue weighted by atomic mass is 10.1. The third kappa shape index (κ3) is 2.46. The minimum atomic E-state index is -0.0646. The second-order valence-corrected chi connectivity index (χ2v) is 4.95. The van der Waals surface area contributed by atoms with Gasteiger partial charge in [0.15, 0.2) is 0 Å². The summed E-state index contributed by atoms with van der Waals surface area (Å²) in [7, 11) is 1.80. The number of nitrogens with two attached hydrogens (primary N) is 2. The highest BCUT2D eigenvalue weighted by atomic mass is 32.1. The Morgan fingerprint density at radius 2 is 2.35 bits per heavy atom. The van der Waals surface area contributed by atoms with Gasteiger partial charge in [0.05, 0.1) is 22.9 Å². The summed E-state index contributed by atoms with van der Waals surface area (Å²) in [5, 5.41) is 7.19. The average Bonchev–Trinajstić information content (AvgIpc) is 2.85. The SMILES string of the molecule is Cc1nc(CC(NN)c2cnn(C)c2N)cs1. The number of nitrogens with zero attached hydrogens (tertiary/aromatic N) is 3. The van der Waals surface area contributed by atoms with E-state index in [4.69, 9.17) is 11.6 Å². The van der Waals surface area contributed by atoms with Crippen LogP contribution < -0.4 is 17.0 Å². The van der Waals surface area contributed by atoms with Gasteiger partial charge in [-0.3, -0.25) is 16.0 Å². The number of hydrazine groups is 1. The molecule has 0 saturated carbocycles. The molecular weight excluding hydrogens is 236 g/mol. The maximum atomic E-state index is 5.93. The van der Waals surface area contributed by atoms with Crippen molar-refractivity contribution in [2.75, 3.05) is 5.73 Å². The van der Waals surface area contributed by atoms with E-state index in [9.17, 15) is 0 Å². The van der Waals surface area contributed by atoms with Gasteiger partial charge in [0.1, 0.15) is 5.82 Å². The van der Waals surface area contributed by atoms with E-state index < -0.39 is 0 Å². The van der Waals surface area contributed by atoms with Crippen LogP contribution in [0.5, 0.6) is 0 Å². The smallest absolute Gasteiger partial charge is 0.126 e. The van der Waals surface area contributed by atoms with Crippen molar-refractivity contribution in [1.29, 1.82) is 0 Å². The average molecular weight is 252 g/mol. The summed E-state index contributed by atoms with van der Waals surface area (Å²) in [5.41, 5.74) is 10.6. The lowest BCUT2D eigenvalue weighted by molar-refractivity contribution is 0.548. The summed E-state index contributed by atoms with van der Waals surface area (Å²) >= 11 is 1.63. The quantitative estimate of drug-likeness (QED) is 0.544. The zero-order chi connectivity index (χ0) is 12.4. The van der Waals surface area contributed by atoms with Crippen LogP contribution in [0.1, 0.15) is 22.3 Å². The summed E-state index contributed by atoms with van der Waals surface area (Å²) in [6.07, 6.45) is 2.44. The maximum absolute atomic E-state index is 5.93. The molecule has 0 fully saturated rings. The number of hydrogen-bond donors (Lipinski definition) is 3. The maximum Gasteiger partial charge on any atom is 0.126 e. The number of hydrogen-bond acceptors (Lipinski definition) is 6. The first-order chi connectivity index (χ1) is 8.11. The zero-order valence-corrected chi connectivity index (χ0v) is 10.7. The van der Waals surface area contributed by atoms with Crippen LogP contribution in [0.4, 0.5) is 5.82 Å². The van der Waals surface area contributed by atoms with Gasteiger partial charge < -0.3 is 5.73 Å². The molecule has 6 nitrogen and oxygen atoms in total. The number of nitrogen functional groups attached to an aromatic ring is 1. The molecule has 0 radical (unpaired) electrons. The van der Waals surface area contributed by atoms with Gasteiger partial charge in [0, 0.05) is 24.4 Å². The van der Waals surface area contributed by atoms with Gasteiger partial charge in [-0.15, -0.1) is 11.3 Å². The molecule has 1 unspecified atom stereocenters. The van der Waals surface area contributed by atoms with Crippen LogP contribution in [0.2, 0.25) is 0 Å². The Labute approximate surface area is 104 Å². The van der Waals surface area contributed by atoms with Crippen LogP contribution >= 0.6 is 11.3 Å². The van der Waals surface area contributed by atoms with E-state index in [1.165, 1.54) is 0 Å². The molecule has 2 aromatic rings. The van der Waals surface area contributed by atoms with Crippen molar-refractivity contribution < 1.29 is 0 Å². The summed E-state index contributed by atoms with van der Waals surface area (Å²) in [5.74, 6) is 6.20. The monoisotopic (exact) mass is 252 g/mol. The van der Waals surface area contributed by atoms with Crippen LogP contribution in [-0.2, 0) is 13.5 Å². The second kappa shape index (κ2) is 4.82. The van der Waals surface area contributed by atoms with Gasteiger partial charge in [0.2, 0.25) is 0 Å². The molecule has 2 rings (SSSR count). The second-order valence-electron chi connectivity index (χ2n) is 3.89. The summed E-state index contributed by atoms with van der Waals surface area (Å²) in [6.45, 7) is 1.98. The van der Waals surface area contributed by atoms with E-state index in [0.29, 0.717) is 12.2 Å². The Kier molecular flexibility index (Phi) is 3.41. The number of nitrogens with one attached hydrogen (secondary N) is 1. The van der Waals surface area contributed by atoms with Gasteiger partial charge in [-0.2, -0.15) is 5.10 Å². The summed E-state index contributed by atoms with van der Waals surface area (Å²) in [6, 6.07) is -0.0646. The highest BCUT2D eigenvalue weighted by molar-refractivity contribution is 7.09. The fourth-order valence-corrected chi connectivity index (χ4v) is 2.33. The molecule has 0 amide bonds. The minimum Gasteiger partial charge on any atom is -0.384 e. The third-order valence-corrected chi connectivity index (χ3v) is 3.49. The molecule has 0 aromatic carbocycles. The van der Waals surface area contributed by atoms with E-state index in [-0.39, 0.29) is 6.04 Å². The molecular formula is C10H16N6S. The van der Waals surface area contributed by atoms with Crippen molar-refractivity contribution in [3.63, 3.8) is 0 Å². The van der Waals surface area contributed by atoms with Crippen molar-refractivity contribution >= 4 is 17.2 Å². The standard InChI is InChI=1S/C10H16N6S/c1-6-14-7(5-17-6)3-9(15-12)8-4-13-16(2)10(8)11/h4-5,9,15H,3,11-12H2,1-2H3. The van der Waals surface area contributed by atoms with Crippen molar-refractivity contribution in [3.8, 4) is 0 Å². The van der Waals surface area contributed by atoms with E-state index in [2.05, 4.69) is 15.5 Å². The largest absolute Gasteiger partial charge is 0.384 e. The predicted molar refractivity (Wildman–Crippen MR) is 68.2 cm³/mol. The molecule has 0 bridgehead atoms. The van der Waals surface area contributed by atoms with Crippen LogP contribution in [-0.4, -0.2) is 14.8 Å². The lowest BCUT2D eigenvalue weighted by Crippen LogP contribution is -2.30. The molecule has 5 N–H and O–H groups in total. The van der Waals surface area contributed by atoms with Gasteiger partial charge in [-0.05, 0) is 6.92 Å². The molecule has 0 aliphatic heterocycles. The van der Waals surface area contributed by atoms with Crippen molar-refractivity contribution in [2.45, 2.75) is 19.4 Å². The Morgan fingerprint density at radius 3 is 2.82 bits per heavy atom. The summed E-state index contributed by atoms with van der Waals surface area (Å²) in [4.78, 5) is 4.42. The molecule has 17 heavy (non-hydrogen) atoms. The van der Waals surface area contributed by atoms with Crippen LogP contribution in [0.25, 0.3) is 0 Å². The number of thiazole rings is 1. The molecule has 0 aliphatic carbocycles. The highest BCUT2D eigenvalue weighted by Crippen LogP contribution is 2.23. The molecule has 1 atom stereocenters. The number of rotatable bonds is 4. The molecule has 2 heterocycles. The first kappa shape index (κ1) is 12.0. The topological polar surface area (TPSA) is 94.8 Å².